The second-order valence-corrected chi connectivity index (χ2v) is 7.37. The van der Waals surface area contributed by atoms with E-state index in [1.807, 2.05) is 13.0 Å². The van der Waals surface area contributed by atoms with Gasteiger partial charge in [0, 0.05) is 17.6 Å². The highest BCUT2D eigenvalue weighted by Gasteiger charge is 2.40. The highest BCUT2D eigenvalue weighted by atomic mass is 79.9. The van der Waals surface area contributed by atoms with Crippen molar-refractivity contribution in [1.29, 1.82) is 0 Å². The fourth-order valence-corrected chi connectivity index (χ4v) is 4.09. The van der Waals surface area contributed by atoms with Gasteiger partial charge in [-0.15, -0.1) is 0 Å². The van der Waals surface area contributed by atoms with E-state index in [1.165, 1.54) is 19.3 Å². The maximum Gasteiger partial charge on any atom is 0.290 e. The Balaban J connectivity index is 1.76. The van der Waals surface area contributed by atoms with Crippen molar-refractivity contribution in [3.63, 3.8) is 0 Å². The van der Waals surface area contributed by atoms with E-state index in [0.717, 1.165) is 37.2 Å². The van der Waals surface area contributed by atoms with Crippen LogP contribution in [0.4, 0.5) is 0 Å². The third-order valence-corrected chi connectivity index (χ3v) is 5.43. The first-order valence-corrected chi connectivity index (χ1v) is 8.98. The van der Waals surface area contributed by atoms with Crippen LogP contribution in [0, 0.1) is 12.8 Å². The average molecular weight is 354 g/mol. The molecule has 21 heavy (non-hydrogen) atoms. The lowest BCUT2D eigenvalue weighted by Gasteiger charge is -2.36. The predicted octanol–water partition coefficient (Wildman–Crippen LogP) is 4.92. The summed E-state index contributed by atoms with van der Waals surface area (Å²) >= 11 is 3.33. The molecule has 4 heteroatoms. The van der Waals surface area contributed by atoms with E-state index in [4.69, 9.17) is 4.42 Å². The summed E-state index contributed by atoms with van der Waals surface area (Å²) in [5, 5.41) is 0. The molecule has 0 bridgehead atoms. The van der Waals surface area contributed by atoms with Gasteiger partial charge in [-0.1, -0.05) is 13.3 Å². The lowest BCUT2D eigenvalue weighted by Crippen LogP contribution is -2.44. The number of carbonyl (C=O) groups is 1. The van der Waals surface area contributed by atoms with Gasteiger partial charge in [0.05, 0.1) is 0 Å². The third-order valence-electron chi connectivity index (χ3n) is 5.04. The van der Waals surface area contributed by atoms with Crippen LogP contribution < -0.4 is 0 Å². The molecule has 0 saturated heterocycles. The molecule has 1 aromatic rings. The van der Waals surface area contributed by atoms with Gasteiger partial charge in [0.2, 0.25) is 0 Å². The van der Waals surface area contributed by atoms with E-state index in [9.17, 15) is 4.79 Å². The van der Waals surface area contributed by atoms with Crippen LogP contribution in [0.5, 0.6) is 0 Å². The van der Waals surface area contributed by atoms with E-state index in [2.05, 4.69) is 27.8 Å². The molecule has 2 aliphatic rings. The van der Waals surface area contributed by atoms with Gasteiger partial charge in [-0.05, 0) is 73.4 Å². The molecule has 0 aliphatic heterocycles. The van der Waals surface area contributed by atoms with Crippen LogP contribution in [0.2, 0.25) is 0 Å². The average Bonchev–Trinajstić information content (AvgIpc) is 3.24. The van der Waals surface area contributed by atoms with Crippen LogP contribution in [-0.2, 0) is 0 Å². The Labute approximate surface area is 135 Å². The lowest BCUT2D eigenvalue weighted by atomic mass is 9.83. The van der Waals surface area contributed by atoms with Crippen LogP contribution in [-0.4, -0.2) is 22.9 Å². The molecule has 0 radical (unpaired) electrons. The van der Waals surface area contributed by atoms with Crippen molar-refractivity contribution >= 4 is 21.8 Å². The van der Waals surface area contributed by atoms with Gasteiger partial charge in [0.15, 0.2) is 10.4 Å². The zero-order valence-electron chi connectivity index (χ0n) is 12.9. The minimum absolute atomic E-state index is 0.0978. The quantitative estimate of drug-likeness (QED) is 0.769. The van der Waals surface area contributed by atoms with Crippen LogP contribution in [0.25, 0.3) is 0 Å². The van der Waals surface area contributed by atoms with E-state index >= 15 is 0 Å². The van der Waals surface area contributed by atoms with E-state index in [1.54, 1.807) is 0 Å². The maximum atomic E-state index is 12.9. The van der Waals surface area contributed by atoms with Gasteiger partial charge < -0.3 is 9.32 Å². The minimum atomic E-state index is 0.0978. The summed E-state index contributed by atoms with van der Waals surface area (Å²) in [6.07, 6.45) is 8.41. The number of furan rings is 1. The first-order chi connectivity index (χ1) is 10.1. The summed E-state index contributed by atoms with van der Waals surface area (Å²) in [7, 11) is 0. The number of rotatable bonds is 4. The van der Waals surface area contributed by atoms with Crippen molar-refractivity contribution in [1.82, 2.24) is 4.90 Å². The van der Waals surface area contributed by atoms with Crippen molar-refractivity contribution in [2.75, 3.05) is 0 Å². The Morgan fingerprint density at radius 1 is 1.24 bits per heavy atom. The fourth-order valence-electron chi connectivity index (χ4n) is 3.59. The highest BCUT2D eigenvalue weighted by molar-refractivity contribution is 9.10. The number of carbonyl (C=O) groups excluding carboxylic acids is 1. The summed E-state index contributed by atoms with van der Waals surface area (Å²) < 4.78 is 6.24. The zero-order valence-corrected chi connectivity index (χ0v) is 14.5. The lowest BCUT2D eigenvalue weighted by molar-refractivity contribution is 0.0553. The molecule has 1 aromatic heterocycles. The fraction of sp³-hybridized carbons (Fsp3) is 0.706. The molecule has 3 rings (SSSR count). The molecule has 3 nitrogen and oxygen atoms in total. The minimum Gasteiger partial charge on any atom is -0.444 e. The Hall–Kier alpha value is -0.770. The highest BCUT2D eigenvalue weighted by Crippen LogP contribution is 2.37. The van der Waals surface area contributed by atoms with Crippen molar-refractivity contribution < 1.29 is 9.21 Å². The molecule has 1 heterocycles. The van der Waals surface area contributed by atoms with E-state index in [0.29, 0.717) is 22.5 Å². The van der Waals surface area contributed by atoms with Gasteiger partial charge in [0.25, 0.3) is 5.91 Å². The molecule has 2 saturated carbocycles. The second kappa shape index (κ2) is 6.15. The maximum absolute atomic E-state index is 12.9. The molecule has 0 spiro atoms. The molecular weight excluding hydrogens is 330 g/mol. The first-order valence-electron chi connectivity index (χ1n) is 8.18. The smallest absolute Gasteiger partial charge is 0.290 e. The zero-order chi connectivity index (χ0) is 15.0. The van der Waals surface area contributed by atoms with Gasteiger partial charge in [0.1, 0.15) is 0 Å². The largest absolute Gasteiger partial charge is 0.444 e. The van der Waals surface area contributed by atoms with Crippen LogP contribution in [0.3, 0.4) is 0 Å². The summed E-state index contributed by atoms with van der Waals surface area (Å²) in [6, 6.07) is 2.74. The van der Waals surface area contributed by atoms with Crippen LogP contribution in [0.15, 0.2) is 15.2 Å². The molecule has 116 valence electrons. The third kappa shape index (κ3) is 3.20. The molecule has 0 atom stereocenters. The molecule has 2 aliphatic carbocycles. The van der Waals surface area contributed by atoms with Crippen molar-refractivity contribution in [3.05, 3.63) is 22.1 Å². The molecule has 0 unspecified atom stereocenters. The Morgan fingerprint density at radius 3 is 2.24 bits per heavy atom. The molecule has 0 N–H and O–H groups in total. The van der Waals surface area contributed by atoms with E-state index < -0.39 is 0 Å². The van der Waals surface area contributed by atoms with Gasteiger partial charge in [-0.3, -0.25) is 4.79 Å². The number of halogens is 1. The normalized spacial score (nSPS) is 25.9. The number of hydrogen-bond acceptors (Lipinski definition) is 2. The topological polar surface area (TPSA) is 33.5 Å². The molecule has 2 fully saturated rings. The van der Waals surface area contributed by atoms with Gasteiger partial charge in [-0.2, -0.15) is 0 Å². The van der Waals surface area contributed by atoms with Crippen molar-refractivity contribution in [3.8, 4) is 0 Å². The standard InChI is InChI=1S/C17H24BrNO2/c1-3-12-4-6-13(7-5-12)19(14-8-9-14)17(20)16-11(2)10-15(18)21-16/h10,12-14H,3-9H2,1-2H3. The number of nitrogens with zero attached hydrogens (tertiary/aromatic N) is 1. The number of hydrogen-bond donors (Lipinski definition) is 0. The van der Waals surface area contributed by atoms with Gasteiger partial charge >= 0.3 is 0 Å². The first kappa shape index (κ1) is 15.1. The van der Waals surface area contributed by atoms with Crippen molar-refractivity contribution in [2.24, 2.45) is 5.92 Å². The SMILES string of the molecule is CCC1CCC(N(C(=O)c2oc(Br)cc2C)C2CC2)CC1. The Morgan fingerprint density at radius 2 is 1.81 bits per heavy atom. The van der Waals surface area contributed by atoms with Crippen LogP contribution >= 0.6 is 15.9 Å². The van der Waals surface area contributed by atoms with Crippen molar-refractivity contribution in [2.45, 2.75) is 70.9 Å². The second-order valence-electron chi connectivity index (χ2n) is 6.59. The van der Waals surface area contributed by atoms with E-state index in [-0.39, 0.29) is 5.91 Å². The summed E-state index contributed by atoms with van der Waals surface area (Å²) in [4.78, 5) is 15.1. The molecule has 0 aromatic carbocycles. The summed E-state index contributed by atoms with van der Waals surface area (Å²) in [6.45, 7) is 4.22. The number of aryl methyl sites for hydroxylation is 1. The predicted molar refractivity (Wildman–Crippen MR) is 86.4 cm³/mol. The van der Waals surface area contributed by atoms with Crippen LogP contribution in [0.1, 0.15) is 68.0 Å². The Bertz CT molecular complexity index is 513. The monoisotopic (exact) mass is 353 g/mol. The summed E-state index contributed by atoms with van der Waals surface area (Å²) in [5.41, 5.74) is 0.930. The Kier molecular flexibility index (Phi) is 4.43. The van der Waals surface area contributed by atoms with Gasteiger partial charge in [-0.25, -0.2) is 0 Å². The molecular formula is C17H24BrNO2. The molecule has 1 amide bonds. The summed E-state index contributed by atoms with van der Waals surface area (Å²) in [5.74, 6) is 1.48. The number of amides is 1.